The molecule has 0 spiro atoms. The average Bonchev–Trinajstić information content (AvgIpc) is 3.39. The largest absolute Gasteiger partial charge is 0.481 e. The third kappa shape index (κ3) is 3.98. The average molecular weight is 327 g/mol. The Bertz CT molecular complexity index is 736. The van der Waals surface area contributed by atoms with E-state index >= 15 is 0 Å². The van der Waals surface area contributed by atoms with Crippen LogP contribution in [-0.4, -0.2) is 23.8 Å². The molecular formula is C19H18FNO3. The zero-order valence-corrected chi connectivity index (χ0v) is 13.3. The van der Waals surface area contributed by atoms with Gasteiger partial charge in [0.15, 0.2) is 11.9 Å². The molecule has 0 aromatic heterocycles. The topological polar surface area (TPSA) is 55.4 Å². The minimum Gasteiger partial charge on any atom is -0.481 e. The first-order chi connectivity index (χ1) is 11.5. The molecule has 124 valence electrons. The van der Waals surface area contributed by atoms with E-state index in [9.17, 15) is 14.0 Å². The summed E-state index contributed by atoms with van der Waals surface area (Å²) < 4.78 is 18.5. The quantitative estimate of drug-likeness (QED) is 0.830. The number of ketones is 1. The van der Waals surface area contributed by atoms with E-state index in [1.807, 2.05) is 0 Å². The van der Waals surface area contributed by atoms with Crippen LogP contribution in [-0.2, 0) is 4.79 Å². The Balaban J connectivity index is 1.63. The molecule has 0 heterocycles. The third-order valence-electron chi connectivity index (χ3n) is 3.83. The number of carbonyl (C=O) groups excluding carboxylic acids is 2. The molecule has 4 nitrogen and oxygen atoms in total. The van der Waals surface area contributed by atoms with Crippen LogP contribution in [0.4, 0.5) is 4.39 Å². The van der Waals surface area contributed by atoms with Crippen LogP contribution in [0.15, 0.2) is 48.5 Å². The van der Waals surface area contributed by atoms with Crippen molar-refractivity contribution < 1.29 is 18.7 Å². The Morgan fingerprint density at radius 2 is 1.58 bits per heavy atom. The monoisotopic (exact) mass is 327 g/mol. The molecular weight excluding hydrogens is 309 g/mol. The molecule has 2 aromatic rings. The van der Waals surface area contributed by atoms with E-state index in [1.54, 1.807) is 31.2 Å². The summed E-state index contributed by atoms with van der Waals surface area (Å²) in [7, 11) is 0. The molecule has 1 N–H and O–H groups in total. The van der Waals surface area contributed by atoms with Crippen LogP contribution < -0.4 is 10.1 Å². The molecule has 24 heavy (non-hydrogen) atoms. The predicted molar refractivity (Wildman–Crippen MR) is 87.5 cm³/mol. The maximum absolute atomic E-state index is 12.9. The van der Waals surface area contributed by atoms with Crippen LogP contribution in [0, 0.1) is 5.82 Å². The van der Waals surface area contributed by atoms with Crippen molar-refractivity contribution in [1.29, 1.82) is 0 Å². The highest BCUT2D eigenvalue weighted by molar-refractivity contribution is 6.09. The number of benzene rings is 2. The van der Waals surface area contributed by atoms with Crippen LogP contribution in [0.3, 0.4) is 0 Å². The first kappa shape index (κ1) is 16.2. The number of hydrogen-bond acceptors (Lipinski definition) is 3. The van der Waals surface area contributed by atoms with Crippen LogP contribution in [0.1, 0.15) is 35.7 Å². The fourth-order valence-electron chi connectivity index (χ4n) is 2.26. The normalized spacial score (nSPS) is 14.8. The molecule has 1 atom stereocenters. The lowest BCUT2D eigenvalue weighted by Crippen LogP contribution is -2.37. The maximum atomic E-state index is 12.9. The lowest BCUT2D eigenvalue weighted by molar-refractivity contribution is -0.127. The van der Waals surface area contributed by atoms with E-state index in [0.29, 0.717) is 22.9 Å². The summed E-state index contributed by atoms with van der Waals surface area (Å²) in [6.07, 6.45) is 1.46. The van der Waals surface area contributed by atoms with Gasteiger partial charge in [-0.1, -0.05) is 0 Å². The van der Waals surface area contributed by atoms with Gasteiger partial charge >= 0.3 is 0 Å². The van der Waals surface area contributed by atoms with Gasteiger partial charge in [0, 0.05) is 17.2 Å². The van der Waals surface area contributed by atoms with Crippen molar-refractivity contribution >= 4 is 11.7 Å². The van der Waals surface area contributed by atoms with Crippen molar-refractivity contribution in [1.82, 2.24) is 5.32 Å². The molecule has 1 amide bonds. The fourth-order valence-corrected chi connectivity index (χ4v) is 2.26. The Kier molecular flexibility index (Phi) is 4.60. The number of rotatable bonds is 6. The maximum Gasteiger partial charge on any atom is 0.260 e. The predicted octanol–water partition coefficient (Wildman–Crippen LogP) is 3.10. The van der Waals surface area contributed by atoms with Gasteiger partial charge in [0.05, 0.1) is 0 Å². The van der Waals surface area contributed by atoms with Crippen molar-refractivity contribution in [3.63, 3.8) is 0 Å². The summed E-state index contributed by atoms with van der Waals surface area (Å²) in [6, 6.07) is 12.3. The number of carbonyl (C=O) groups is 2. The van der Waals surface area contributed by atoms with Gasteiger partial charge < -0.3 is 10.1 Å². The van der Waals surface area contributed by atoms with Gasteiger partial charge in [-0.25, -0.2) is 4.39 Å². The number of halogens is 1. The van der Waals surface area contributed by atoms with Crippen molar-refractivity contribution in [2.24, 2.45) is 0 Å². The van der Waals surface area contributed by atoms with Crippen LogP contribution in [0.2, 0.25) is 0 Å². The zero-order valence-electron chi connectivity index (χ0n) is 13.3. The standard InChI is InChI=1S/C19H18FNO3/c1-12(19(23)21-16-8-9-16)24-17-10-4-14(5-11-17)18(22)13-2-6-15(20)7-3-13/h2-7,10-12,16H,8-9H2,1H3,(H,21,23)/t12-/m1/s1. The summed E-state index contributed by atoms with van der Waals surface area (Å²) in [5.74, 6) is -0.192. The van der Waals surface area contributed by atoms with E-state index < -0.39 is 6.10 Å². The van der Waals surface area contributed by atoms with E-state index in [4.69, 9.17) is 4.74 Å². The van der Waals surface area contributed by atoms with Gasteiger partial charge in [0.2, 0.25) is 0 Å². The number of amides is 1. The van der Waals surface area contributed by atoms with Gasteiger partial charge in [-0.15, -0.1) is 0 Å². The lowest BCUT2D eigenvalue weighted by atomic mass is 10.0. The number of hydrogen-bond donors (Lipinski definition) is 1. The molecule has 3 rings (SSSR count). The van der Waals surface area contributed by atoms with Crippen molar-refractivity contribution in [3.8, 4) is 5.75 Å². The summed E-state index contributed by atoms with van der Waals surface area (Å²) in [6.45, 7) is 1.69. The van der Waals surface area contributed by atoms with Gasteiger partial charge in [0.25, 0.3) is 5.91 Å². The first-order valence-corrected chi connectivity index (χ1v) is 7.90. The van der Waals surface area contributed by atoms with E-state index in [0.717, 1.165) is 12.8 Å². The molecule has 1 saturated carbocycles. The van der Waals surface area contributed by atoms with E-state index in [1.165, 1.54) is 24.3 Å². The Labute approximate surface area is 139 Å². The molecule has 2 aromatic carbocycles. The van der Waals surface area contributed by atoms with Crippen molar-refractivity contribution in [2.75, 3.05) is 0 Å². The number of ether oxygens (including phenoxy) is 1. The minimum absolute atomic E-state index is 0.135. The Morgan fingerprint density at radius 1 is 1.04 bits per heavy atom. The molecule has 0 aliphatic heterocycles. The highest BCUT2D eigenvalue weighted by Gasteiger charge is 2.26. The molecule has 1 aliphatic carbocycles. The van der Waals surface area contributed by atoms with Crippen molar-refractivity contribution in [3.05, 3.63) is 65.5 Å². The van der Waals surface area contributed by atoms with Crippen LogP contribution in [0.25, 0.3) is 0 Å². The second-order valence-corrected chi connectivity index (χ2v) is 5.90. The molecule has 0 bridgehead atoms. The SMILES string of the molecule is C[C@@H](Oc1ccc(C(=O)c2ccc(F)cc2)cc1)C(=O)NC1CC1. The van der Waals surface area contributed by atoms with Crippen LogP contribution in [0.5, 0.6) is 5.75 Å². The molecule has 1 fully saturated rings. The molecule has 1 aliphatic rings. The highest BCUT2D eigenvalue weighted by Crippen LogP contribution is 2.20. The second-order valence-electron chi connectivity index (χ2n) is 5.90. The summed E-state index contributed by atoms with van der Waals surface area (Å²) >= 11 is 0. The Hall–Kier alpha value is -2.69. The van der Waals surface area contributed by atoms with Crippen LogP contribution >= 0.6 is 0 Å². The zero-order chi connectivity index (χ0) is 17.1. The van der Waals surface area contributed by atoms with Gasteiger partial charge in [-0.2, -0.15) is 0 Å². The summed E-state index contributed by atoms with van der Waals surface area (Å²) in [5.41, 5.74) is 0.895. The number of nitrogens with one attached hydrogen (secondary N) is 1. The highest BCUT2D eigenvalue weighted by atomic mass is 19.1. The van der Waals surface area contributed by atoms with Gasteiger partial charge in [0.1, 0.15) is 11.6 Å². The second kappa shape index (κ2) is 6.83. The third-order valence-corrected chi connectivity index (χ3v) is 3.83. The molecule has 0 saturated heterocycles. The smallest absolute Gasteiger partial charge is 0.260 e. The van der Waals surface area contributed by atoms with Gasteiger partial charge in [-0.3, -0.25) is 9.59 Å². The molecule has 0 unspecified atom stereocenters. The van der Waals surface area contributed by atoms with Gasteiger partial charge in [-0.05, 0) is 68.3 Å². The molecule has 5 heteroatoms. The van der Waals surface area contributed by atoms with E-state index in [2.05, 4.69) is 5.32 Å². The lowest BCUT2D eigenvalue weighted by Gasteiger charge is -2.14. The Morgan fingerprint density at radius 3 is 2.12 bits per heavy atom. The summed E-state index contributed by atoms with van der Waals surface area (Å²) in [4.78, 5) is 24.2. The fraction of sp³-hybridized carbons (Fsp3) is 0.263. The summed E-state index contributed by atoms with van der Waals surface area (Å²) in [5, 5.41) is 2.88. The van der Waals surface area contributed by atoms with E-state index in [-0.39, 0.29) is 17.5 Å². The van der Waals surface area contributed by atoms with Crippen molar-refractivity contribution in [2.45, 2.75) is 31.9 Å². The first-order valence-electron chi connectivity index (χ1n) is 7.90. The minimum atomic E-state index is -0.593. The molecule has 0 radical (unpaired) electrons.